The summed E-state index contributed by atoms with van der Waals surface area (Å²) in [4.78, 5) is 27.1. The third-order valence-corrected chi connectivity index (χ3v) is 6.78. The lowest BCUT2D eigenvalue weighted by Gasteiger charge is -2.34. The first-order valence-corrected chi connectivity index (χ1v) is 11.8. The number of carbonyl (C=O) groups is 2. The molecule has 5 heteroatoms. The summed E-state index contributed by atoms with van der Waals surface area (Å²) in [6.07, 6.45) is 5.28. The summed E-state index contributed by atoms with van der Waals surface area (Å²) in [6, 6.07) is 18.6. The molecule has 2 aromatic rings. The summed E-state index contributed by atoms with van der Waals surface area (Å²) in [6.45, 7) is 4.11. The smallest absolute Gasteiger partial charge is 0.222 e. The van der Waals surface area contributed by atoms with Crippen molar-refractivity contribution in [2.75, 3.05) is 13.1 Å². The maximum Gasteiger partial charge on any atom is 0.222 e. The van der Waals surface area contributed by atoms with Crippen LogP contribution in [0.25, 0.3) is 0 Å². The van der Waals surface area contributed by atoms with E-state index in [9.17, 15) is 9.59 Å². The Bertz CT molecular complexity index is 912. The molecule has 0 spiro atoms. The Kier molecular flexibility index (Phi) is 7.26. The molecule has 2 amide bonds. The number of likely N-dealkylation sites (tertiary alicyclic amines) is 1. The molecule has 0 saturated carbocycles. The number of nitrogens with zero attached hydrogens (tertiary/aromatic N) is 1. The lowest BCUT2D eigenvalue weighted by molar-refractivity contribution is -0.136. The van der Waals surface area contributed by atoms with Crippen molar-refractivity contribution in [3.8, 4) is 0 Å². The van der Waals surface area contributed by atoms with Gasteiger partial charge in [-0.3, -0.25) is 9.59 Å². The summed E-state index contributed by atoms with van der Waals surface area (Å²) < 4.78 is 6.10. The van der Waals surface area contributed by atoms with Gasteiger partial charge >= 0.3 is 0 Å². The molecule has 2 atom stereocenters. The van der Waals surface area contributed by atoms with E-state index in [0.29, 0.717) is 32.4 Å². The lowest BCUT2D eigenvalue weighted by Crippen LogP contribution is -2.46. The molecule has 0 unspecified atom stereocenters. The lowest BCUT2D eigenvalue weighted by atomic mass is 9.84. The van der Waals surface area contributed by atoms with Gasteiger partial charge in [-0.2, -0.15) is 0 Å². The van der Waals surface area contributed by atoms with E-state index >= 15 is 0 Å². The van der Waals surface area contributed by atoms with Gasteiger partial charge in [0.05, 0.1) is 12.7 Å². The van der Waals surface area contributed by atoms with Crippen LogP contribution in [0.5, 0.6) is 0 Å². The second-order valence-corrected chi connectivity index (χ2v) is 9.39. The van der Waals surface area contributed by atoms with Gasteiger partial charge in [-0.25, -0.2) is 0 Å². The minimum absolute atomic E-state index is 0.0839. The van der Waals surface area contributed by atoms with Gasteiger partial charge in [-0.05, 0) is 50.2 Å². The third-order valence-electron chi connectivity index (χ3n) is 6.78. The number of piperidine rings is 1. The van der Waals surface area contributed by atoms with E-state index in [-0.39, 0.29) is 23.5 Å². The van der Waals surface area contributed by atoms with Gasteiger partial charge in [0.2, 0.25) is 11.8 Å². The van der Waals surface area contributed by atoms with Gasteiger partial charge in [-0.1, -0.05) is 60.2 Å². The van der Waals surface area contributed by atoms with Gasteiger partial charge in [0.1, 0.15) is 0 Å². The number of benzene rings is 2. The summed E-state index contributed by atoms with van der Waals surface area (Å²) in [5, 5.41) is 3.20. The fourth-order valence-electron chi connectivity index (χ4n) is 4.87. The zero-order valence-electron chi connectivity index (χ0n) is 19.0. The Morgan fingerprint density at radius 3 is 2.62 bits per heavy atom. The molecule has 2 saturated heterocycles. The van der Waals surface area contributed by atoms with Crippen LogP contribution in [0.3, 0.4) is 0 Å². The van der Waals surface area contributed by atoms with Crippen LogP contribution in [0, 0.1) is 6.92 Å². The first-order valence-electron chi connectivity index (χ1n) is 11.8. The highest BCUT2D eigenvalue weighted by Gasteiger charge is 2.38. The molecule has 2 heterocycles. The van der Waals surface area contributed by atoms with Crippen LogP contribution in [0.4, 0.5) is 0 Å². The van der Waals surface area contributed by atoms with Crippen molar-refractivity contribution in [3.05, 3.63) is 71.3 Å². The molecule has 32 heavy (non-hydrogen) atoms. The van der Waals surface area contributed by atoms with Gasteiger partial charge < -0.3 is 15.0 Å². The van der Waals surface area contributed by atoms with Crippen molar-refractivity contribution in [2.45, 2.75) is 70.1 Å². The normalized spacial score (nSPS) is 23.2. The Balaban J connectivity index is 1.31. The summed E-state index contributed by atoms with van der Waals surface area (Å²) in [5.74, 6) is 0.263. The van der Waals surface area contributed by atoms with Crippen molar-refractivity contribution in [1.82, 2.24) is 10.2 Å². The second kappa shape index (κ2) is 10.3. The fraction of sp³-hybridized carbons (Fsp3) is 0.481. The molecule has 1 N–H and O–H groups in total. The Labute approximate surface area is 191 Å². The minimum Gasteiger partial charge on any atom is -0.372 e. The fourth-order valence-corrected chi connectivity index (χ4v) is 4.87. The second-order valence-electron chi connectivity index (χ2n) is 9.39. The van der Waals surface area contributed by atoms with Crippen molar-refractivity contribution >= 4 is 11.8 Å². The number of carbonyl (C=O) groups excluding carboxylic acids is 2. The number of amides is 2. The van der Waals surface area contributed by atoms with E-state index in [1.54, 1.807) is 0 Å². The largest absolute Gasteiger partial charge is 0.372 e. The van der Waals surface area contributed by atoms with E-state index in [2.05, 4.69) is 48.6 Å². The first kappa shape index (κ1) is 22.5. The van der Waals surface area contributed by atoms with E-state index in [1.807, 2.05) is 23.1 Å². The molecule has 2 aliphatic heterocycles. The molecule has 2 aromatic carbocycles. The van der Waals surface area contributed by atoms with E-state index in [4.69, 9.17) is 4.74 Å². The number of hydrogen-bond acceptors (Lipinski definition) is 3. The Morgan fingerprint density at radius 1 is 1.12 bits per heavy atom. The van der Waals surface area contributed by atoms with Crippen molar-refractivity contribution < 1.29 is 14.3 Å². The van der Waals surface area contributed by atoms with Gasteiger partial charge in [0.25, 0.3) is 0 Å². The zero-order valence-corrected chi connectivity index (χ0v) is 19.0. The van der Waals surface area contributed by atoms with Gasteiger partial charge in [0, 0.05) is 31.5 Å². The monoisotopic (exact) mass is 434 g/mol. The van der Waals surface area contributed by atoms with E-state index < -0.39 is 0 Å². The standard InChI is InChI=1S/C27H34N2O3/c1-21-9-11-22(12-10-21)18-27(15-13-25(30)28-27)16-14-26(31)29-17-5-8-24(19-29)32-20-23-6-3-2-4-7-23/h2-4,6-7,9-12,24H,5,8,13-20H2,1H3,(H,28,30)/t24-,27-/m0/s1. The zero-order chi connectivity index (χ0) is 22.4. The molecule has 2 aliphatic rings. The topological polar surface area (TPSA) is 58.6 Å². The van der Waals surface area contributed by atoms with Crippen molar-refractivity contribution in [1.29, 1.82) is 0 Å². The highest BCUT2D eigenvalue weighted by atomic mass is 16.5. The van der Waals surface area contributed by atoms with Crippen LogP contribution >= 0.6 is 0 Å². The van der Waals surface area contributed by atoms with Crippen LogP contribution in [-0.4, -0.2) is 41.4 Å². The molecule has 0 aromatic heterocycles. The summed E-state index contributed by atoms with van der Waals surface area (Å²) in [7, 11) is 0. The van der Waals surface area contributed by atoms with E-state index in [1.165, 1.54) is 11.1 Å². The van der Waals surface area contributed by atoms with Gasteiger partial charge in [-0.15, -0.1) is 0 Å². The number of rotatable bonds is 8. The predicted molar refractivity (Wildman–Crippen MR) is 125 cm³/mol. The molecule has 0 aliphatic carbocycles. The maximum atomic E-state index is 13.1. The maximum absolute atomic E-state index is 13.1. The average molecular weight is 435 g/mol. The molecular weight excluding hydrogens is 400 g/mol. The predicted octanol–water partition coefficient (Wildman–Crippen LogP) is 4.17. The van der Waals surface area contributed by atoms with Crippen molar-refractivity contribution in [3.63, 3.8) is 0 Å². The quantitative estimate of drug-likeness (QED) is 0.678. The van der Waals surface area contributed by atoms with Crippen LogP contribution in [0.2, 0.25) is 0 Å². The first-order chi connectivity index (χ1) is 15.5. The van der Waals surface area contributed by atoms with Crippen LogP contribution in [0.1, 0.15) is 55.2 Å². The Hall–Kier alpha value is -2.66. The molecular formula is C27H34N2O3. The number of hydrogen-bond donors (Lipinski definition) is 1. The number of nitrogens with one attached hydrogen (secondary N) is 1. The molecule has 5 nitrogen and oxygen atoms in total. The Morgan fingerprint density at radius 2 is 1.91 bits per heavy atom. The van der Waals surface area contributed by atoms with Crippen molar-refractivity contribution in [2.24, 2.45) is 0 Å². The number of ether oxygens (including phenoxy) is 1. The molecule has 2 fully saturated rings. The highest BCUT2D eigenvalue weighted by molar-refractivity contribution is 5.80. The van der Waals surface area contributed by atoms with Crippen LogP contribution < -0.4 is 5.32 Å². The number of aryl methyl sites for hydroxylation is 1. The van der Waals surface area contributed by atoms with Crippen LogP contribution in [0.15, 0.2) is 54.6 Å². The average Bonchev–Trinajstić information content (AvgIpc) is 3.19. The summed E-state index contributed by atoms with van der Waals surface area (Å²) in [5.41, 5.74) is 3.27. The summed E-state index contributed by atoms with van der Waals surface area (Å²) >= 11 is 0. The van der Waals surface area contributed by atoms with Gasteiger partial charge in [0.15, 0.2) is 0 Å². The SMILES string of the molecule is Cc1ccc(C[C@@]2(CCC(=O)N3CCC[C@H](OCc4ccccc4)C3)CCC(=O)N2)cc1. The molecule has 170 valence electrons. The molecule has 0 radical (unpaired) electrons. The van der Waals surface area contributed by atoms with Crippen LogP contribution in [-0.2, 0) is 27.4 Å². The minimum atomic E-state index is -0.318. The molecule has 4 rings (SSSR count). The third kappa shape index (κ3) is 5.98. The van der Waals surface area contributed by atoms with E-state index in [0.717, 1.165) is 37.8 Å². The molecule has 0 bridgehead atoms. The highest BCUT2D eigenvalue weighted by Crippen LogP contribution is 2.30.